The second kappa shape index (κ2) is 9.16. The molecule has 2 aliphatic carbocycles. The number of hydrogen-bond donors (Lipinski definition) is 3. The Balaban J connectivity index is 2.05. The number of carbonyl (C=O) groups is 1. The molecule has 2 rings (SSSR count). The number of nitrogens with two attached hydrogens (primary N) is 1. The first-order valence-electron chi connectivity index (χ1n) is 9.43. The van der Waals surface area contributed by atoms with Gasteiger partial charge in [-0.3, -0.25) is 4.57 Å². The van der Waals surface area contributed by atoms with Crippen molar-refractivity contribution in [2.45, 2.75) is 80.7 Å². The maximum atomic E-state index is 12.8. The Morgan fingerprint density at radius 1 is 1.20 bits per heavy atom. The fourth-order valence-electron chi connectivity index (χ4n) is 4.06. The Morgan fingerprint density at radius 3 is 2.32 bits per heavy atom. The molecular weight excluding hydrogens is 405 g/mol. The number of halogens is 1. The van der Waals surface area contributed by atoms with Gasteiger partial charge in [0.1, 0.15) is 0 Å². The van der Waals surface area contributed by atoms with Gasteiger partial charge in [-0.25, -0.2) is 4.79 Å². The average Bonchev–Trinajstić information content (AvgIpc) is 2.55. The monoisotopic (exact) mass is 435 g/mol. The van der Waals surface area contributed by atoms with Crippen LogP contribution in [0.25, 0.3) is 0 Å². The summed E-state index contributed by atoms with van der Waals surface area (Å²) in [5.41, 5.74) is 6.07. The zero-order chi connectivity index (χ0) is 18.5. The molecule has 25 heavy (non-hydrogen) atoms. The van der Waals surface area contributed by atoms with Gasteiger partial charge in [0.25, 0.3) is 0 Å². The van der Waals surface area contributed by atoms with Crippen molar-refractivity contribution in [3.63, 3.8) is 0 Å². The summed E-state index contributed by atoms with van der Waals surface area (Å²) in [6.07, 6.45) is 12.4. The largest absolute Gasteiger partial charge is 0.478 e. The molecule has 0 spiro atoms. The van der Waals surface area contributed by atoms with Crippen LogP contribution in [0.15, 0.2) is 11.6 Å². The van der Waals surface area contributed by atoms with Gasteiger partial charge in [0.15, 0.2) is 0 Å². The molecule has 7 heteroatoms. The molecule has 0 saturated heterocycles. The van der Waals surface area contributed by atoms with Crippen LogP contribution in [0.3, 0.4) is 0 Å². The molecule has 144 valence electrons. The van der Waals surface area contributed by atoms with Crippen molar-refractivity contribution in [3.8, 4) is 0 Å². The number of carboxylic acid groups (broad SMARTS) is 1. The highest BCUT2D eigenvalue weighted by Crippen LogP contribution is 2.49. The van der Waals surface area contributed by atoms with Crippen molar-refractivity contribution >= 4 is 29.3 Å². The van der Waals surface area contributed by atoms with Crippen molar-refractivity contribution in [3.05, 3.63) is 11.6 Å². The van der Waals surface area contributed by atoms with E-state index >= 15 is 0 Å². The van der Waals surface area contributed by atoms with E-state index in [-0.39, 0.29) is 16.1 Å². The molecule has 0 aromatic heterocycles. The van der Waals surface area contributed by atoms with Crippen molar-refractivity contribution < 1.29 is 19.4 Å². The third kappa shape index (κ3) is 6.50. The summed E-state index contributed by atoms with van der Waals surface area (Å²) >= 11 is 3.65. The first-order valence-corrected chi connectivity index (χ1v) is 12.1. The molecule has 2 atom stereocenters. The van der Waals surface area contributed by atoms with Gasteiger partial charge in [-0.15, -0.1) is 0 Å². The van der Waals surface area contributed by atoms with E-state index in [1.807, 2.05) is 0 Å². The van der Waals surface area contributed by atoms with E-state index < -0.39 is 19.1 Å². The fourth-order valence-corrected chi connectivity index (χ4v) is 6.48. The number of allylic oxidation sites excluding steroid dienone is 1. The molecule has 0 radical (unpaired) electrons. The average molecular weight is 436 g/mol. The number of alkyl halides is 1. The van der Waals surface area contributed by atoms with Crippen LogP contribution in [0.4, 0.5) is 0 Å². The minimum Gasteiger partial charge on any atom is -0.478 e. The van der Waals surface area contributed by atoms with Crippen molar-refractivity contribution in [1.29, 1.82) is 0 Å². The molecule has 0 aromatic carbocycles. The predicted molar refractivity (Wildman–Crippen MR) is 104 cm³/mol. The molecule has 2 aliphatic rings. The highest BCUT2D eigenvalue weighted by atomic mass is 79.9. The maximum Gasteiger partial charge on any atom is 0.331 e. The summed E-state index contributed by atoms with van der Waals surface area (Å²) in [4.78, 5) is 22.1. The first-order chi connectivity index (χ1) is 11.7. The minimum absolute atomic E-state index is 0.0173. The third-order valence-electron chi connectivity index (χ3n) is 5.61. The topological polar surface area (TPSA) is 101 Å². The lowest BCUT2D eigenvalue weighted by Crippen LogP contribution is -2.28. The molecule has 0 heterocycles. The smallest absolute Gasteiger partial charge is 0.331 e. The first kappa shape index (κ1) is 21.1. The van der Waals surface area contributed by atoms with Gasteiger partial charge < -0.3 is 15.7 Å². The van der Waals surface area contributed by atoms with Gasteiger partial charge in [-0.1, -0.05) is 73.4 Å². The Bertz CT molecular complexity index is 539. The lowest BCUT2D eigenvalue weighted by molar-refractivity contribution is -0.132. The van der Waals surface area contributed by atoms with E-state index in [1.165, 1.54) is 6.42 Å². The second-order valence-corrected chi connectivity index (χ2v) is 11.9. The Kier molecular flexibility index (Phi) is 7.75. The van der Waals surface area contributed by atoms with Crippen molar-refractivity contribution in [2.75, 3.05) is 6.16 Å². The van der Waals surface area contributed by atoms with Crippen molar-refractivity contribution in [2.24, 2.45) is 11.7 Å². The van der Waals surface area contributed by atoms with E-state index in [2.05, 4.69) is 15.9 Å². The van der Waals surface area contributed by atoms with Crippen LogP contribution in [-0.2, 0) is 9.36 Å². The molecule has 0 aliphatic heterocycles. The van der Waals surface area contributed by atoms with Crippen LogP contribution in [0.1, 0.15) is 70.6 Å². The highest BCUT2D eigenvalue weighted by Gasteiger charge is 2.35. The molecule has 0 amide bonds. The van der Waals surface area contributed by atoms with Gasteiger partial charge in [0, 0.05) is 9.90 Å². The predicted octanol–water partition coefficient (Wildman–Crippen LogP) is 4.62. The molecule has 0 bridgehead atoms. The van der Waals surface area contributed by atoms with Crippen LogP contribution in [-0.4, -0.2) is 32.2 Å². The number of rotatable bonds is 7. The van der Waals surface area contributed by atoms with E-state index in [9.17, 15) is 19.4 Å². The third-order valence-corrected chi connectivity index (χ3v) is 8.67. The van der Waals surface area contributed by atoms with Gasteiger partial charge in [-0.2, -0.15) is 0 Å². The number of aliphatic carboxylic acids is 1. The summed E-state index contributed by atoms with van der Waals surface area (Å²) in [6.45, 7) is 0. The zero-order valence-corrected chi connectivity index (χ0v) is 17.3. The van der Waals surface area contributed by atoms with Crippen LogP contribution < -0.4 is 5.73 Å². The van der Waals surface area contributed by atoms with Gasteiger partial charge in [-0.05, 0) is 25.2 Å². The summed E-state index contributed by atoms with van der Waals surface area (Å²) in [6, 6.07) is 0. The molecule has 0 aromatic rings. The van der Waals surface area contributed by atoms with Crippen molar-refractivity contribution in [1.82, 2.24) is 0 Å². The summed E-state index contributed by atoms with van der Waals surface area (Å²) in [7, 11) is -3.75. The maximum absolute atomic E-state index is 12.8. The van der Waals surface area contributed by atoms with E-state index in [0.29, 0.717) is 12.3 Å². The molecule has 2 saturated carbocycles. The SMILES string of the molecule is NC(CC1CCCCC1)P(=O)(O)C/C(=C\C1(Br)CCCCC1)C(=O)O. The number of hydrogen-bond acceptors (Lipinski definition) is 3. The molecule has 5 nitrogen and oxygen atoms in total. The minimum atomic E-state index is -3.75. The molecule has 4 N–H and O–H groups in total. The number of carboxylic acids is 1. The van der Waals surface area contributed by atoms with Crippen LogP contribution in [0.5, 0.6) is 0 Å². The van der Waals surface area contributed by atoms with Gasteiger partial charge >= 0.3 is 5.97 Å². The molecular formula is C18H31BrNO4P. The molecule has 2 unspecified atom stereocenters. The van der Waals surface area contributed by atoms with E-state index in [0.717, 1.165) is 57.8 Å². The molecule has 2 fully saturated rings. The standard InChI is InChI=1S/C18H31BrNO4P/c19-18(9-5-2-6-10-18)12-15(17(21)22)13-25(23,24)16(20)11-14-7-3-1-4-8-14/h12,14,16H,1-11,13,20H2,(H,21,22)(H,23,24)/b15-12+. The van der Waals surface area contributed by atoms with Crippen LogP contribution >= 0.6 is 23.3 Å². The Labute approximate surface area is 159 Å². The van der Waals surface area contributed by atoms with E-state index in [4.69, 9.17) is 5.73 Å². The van der Waals surface area contributed by atoms with Crippen LogP contribution in [0, 0.1) is 5.92 Å². The lowest BCUT2D eigenvalue weighted by Gasteiger charge is -2.30. The normalized spacial score (nSPS) is 26.0. The second-order valence-electron chi connectivity index (χ2n) is 7.79. The fraction of sp³-hybridized carbons (Fsp3) is 0.833. The Hall–Kier alpha value is -0.160. The van der Waals surface area contributed by atoms with Crippen LogP contribution in [0.2, 0.25) is 0 Å². The highest BCUT2D eigenvalue weighted by molar-refractivity contribution is 9.10. The summed E-state index contributed by atoms with van der Waals surface area (Å²) in [5.74, 6) is -1.57. The quantitative estimate of drug-likeness (QED) is 0.307. The summed E-state index contributed by atoms with van der Waals surface area (Å²) in [5, 5.41) is 9.52. The summed E-state index contributed by atoms with van der Waals surface area (Å²) < 4.78 is 12.4. The lowest BCUT2D eigenvalue weighted by atomic mass is 9.87. The Morgan fingerprint density at radius 2 is 1.76 bits per heavy atom. The van der Waals surface area contributed by atoms with E-state index in [1.54, 1.807) is 6.08 Å². The zero-order valence-electron chi connectivity index (χ0n) is 14.8. The van der Waals surface area contributed by atoms with Gasteiger partial charge in [0.05, 0.1) is 11.9 Å². The van der Waals surface area contributed by atoms with Gasteiger partial charge in [0.2, 0.25) is 7.37 Å².